The Hall–Kier alpha value is -2.39. The molecule has 1 N–H and O–H groups in total. The van der Waals surface area contributed by atoms with Gasteiger partial charge in [0.15, 0.2) is 0 Å². The second-order valence-electron chi connectivity index (χ2n) is 7.44. The molecule has 1 amide bonds. The minimum Gasteiger partial charge on any atom is -0.320 e. The van der Waals surface area contributed by atoms with Crippen LogP contribution >= 0.6 is 34.0 Å². The van der Waals surface area contributed by atoms with E-state index in [9.17, 15) is 4.79 Å². The molecule has 8 heteroatoms. The molecule has 4 aromatic rings. The zero-order chi connectivity index (χ0) is 21.2. The molecule has 0 spiro atoms. The highest BCUT2D eigenvalue weighted by molar-refractivity contribution is 7.13. The first-order chi connectivity index (χ1) is 15.2. The van der Waals surface area contributed by atoms with Gasteiger partial charge in [-0.15, -0.1) is 32.9 Å². The number of amides is 1. The maximum absolute atomic E-state index is 12.6. The number of aryl methyl sites for hydroxylation is 1. The Labute approximate surface area is 193 Å². The van der Waals surface area contributed by atoms with Gasteiger partial charge in [0.25, 0.3) is 5.91 Å². The van der Waals surface area contributed by atoms with Crippen LogP contribution < -0.4 is 5.32 Å². The lowest BCUT2D eigenvalue weighted by Crippen LogP contribution is -2.34. The lowest BCUT2D eigenvalue weighted by molar-refractivity contribution is 0.102. The Bertz CT molecular complexity index is 1160. The van der Waals surface area contributed by atoms with Crippen molar-refractivity contribution < 1.29 is 4.79 Å². The van der Waals surface area contributed by atoms with E-state index in [1.54, 1.807) is 11.3 Å². The summed E-state index contributed by atoms with van der Waals surface area (Å²) < 4.78 is 0. The number of fused-ring (bicyclic) bond motifs is 1. The lowest BCUT2D eigenvalue weighted by atomic mass is 9.98. The summed E-state index contributed by atoms with van der Waals surface area (Å²) >= 11 is 5.01. The van der Waals surface area contributed by atoms with Crippen LogP contribution in [0.2, 0.25) is 0 Å². The number of thiophene rings is 2. The van der Waals surface area contributed by atoms with Crippen molar-refractivity contribution >= 4 is 45.6 Å². The van der Waals surface area contributed by atoms with Crippen molar-refractivity contribution in [3.63, 3.8) is 0 Å². The first-order valence-corrected chi connectivity index (χ1v) is 12.8. The third kappa shape index (κ3) is 4.34. The predicted molar refractivity (Wildman–Crippen MR) is 128 cm³/mol. The molecule has 0 aliphatic carbocycles. The number of hydrogen-bond acceptors (Lipinski definition) is 7. The number of nitrogens with one attached hydrogen (secondary N) is 1. The molecule has 0 saturated heterocycles. The number of nitrogens with zero attached hydrogens (tertiary/aromatic N) is 3. The van der Waals surface area contributed by atoms with Crippen LogP contribution in [0.15, 0.2) is 53.2 Å². The Morgan fingerprint density at radius 2 is 2.00 bits per heavy atom. The first kappa shape index (κ1) is 20.5. The zero-order valence-corrected chi connectivity index (χ0v) is 19.5. The minimum atomic E-state index is -0.207. The third-order valence-electron chi connectivity index (χ3n) is 5.50. The van der Waals surface area contributed by atoms with E-state index in [-0.39, 0.29) is 11.9 Å². The van der Waals surface area contributed by atoms with Gasteiger partial charge in [0, 0.05) is 22.0 Å². The van der Waals surface area contributed by atoms with Gasteiger partial charge in [-0.3, -0.25) is 9.69 Å². The van der Waals surface area contributed by atoms with Gasteiger partial charge < -0.3 is 5.32 Å². The van der Waals surface area contributed by atoms with Gasteiger partial charge >= 0.3 is 0 Å². The van der Waals surface area contributed by atoms with Crippen LogP contribution in [0.4, 0.5) is 5.69 Å². The highest BCUT2D eigenvalue weighted by atomic mass is 32.1. The number of rotatable bonds is 6. The fraction of sp³-hybridized carbons (Fsp3) is 0.261. The molecule has 0 radical (unpaired) electrons. The molecule has 4 heterocycles. The first-order valence-electron chi connectivity index (χ1n) is 10.3. The molecule has 0 bridgehead atoms. The molecule has 3 aromatic heterocycles. The highest BCUT2D eigenvalue weighted by Gasteiger charge is 2.31. The summed E-state index contributed by atoms with van der Waals surface area (Å²) in [5.41, 5.74) is 3.42. The van der Waals surface area contributed by atoms with Crippen LogP contribution in [0.25, 0.3) is 0 Å². The van der Waals surface area contributed by atoms with E-state index in [0.29, 0.717) is 11.6 Å². The largest absolute Gasteiger partial charge is 0.320 e. The van der Waals surface area contributed by atoms with E-state index in [1.807, 2.05) is 35.6 Å². The summed E-state index contributed by atoms with van der Waals surface area (Å²) in [6.07, 6.45) is 2.03. The zero-order valence-electron chi connectivity index (χ0n) is 17.1. The maximum atomic E-state index is 12.6. The fourth-order valence-electron chi connectivity index (χ4n) is 3.91. The highest BCUT2D eigenvalue weighted by Crippen LogP contribution is 2.40. The summed E-state index contributed by atoms with van der Waals surface area (Å²) in [5, 5.41) is 17.0. The van der Waals surface area contributed by atoms with Gasteiger partial charge in [-0.05, 0) is 59.0 Å². The van der Waals surface area contributed by atoms with Crippen molar-refractivity contribution in [2.75, 3.05) is 11.9 Å². The molecule has 5 rings (SSSR count). The van der Waals surface area contributed by atoms with E-state index >= 15 is 0 Å². The van der Waals surface area contributed by atoms with Crippen molar-refractivity contribution in [1.29, 1.82) is 0 Å². The van der Waals surface area contributed by atoms with Crippen LogP contribution in [-0.2, 0) is 19.4 Å². The number of hydrogen-bond donors (Lipinski definition) is 1. The quantitative estimate of drug-likeness (QED) is 0.400. The standard InChI is InChI=1S/C23H22N4OS3/c1-2-15-5-7-16(8-6-15)24-22(28)23-26-25-20(31-23)14-27-11-9-18-17(10-13-30-18)21(27)19-4-3-12-29-19/h3-8,10,12-13,21H,2,9,11,14H2,1H3,(H,24,28). The van der Waals surface area contributed by atoms with Gasteiger partial charge in [-0.2, -0.15) is 0 Å². The Kier molecular flexibility index (Phi) is 5.95. The van der Waals surface area contributed by atoms with E-state index in [0.717, 1.165) is 30.1 Å². The number of aromatic nitrogens is 2. The Morgan fingerprint density at radius 3 is 2.77 bits per heavy atom. The second-order valence-corrected chi connectivity index (χ2v) is 10.5. The van der Waals surface area contributed by atoms with Gasteiger partial charge in [0.1, 0.15) is 5.01 Å². The second kappa shape index (κ2) is 9.00. The van der Waals surface area contributed by atoms with Crippen molar-refractivity contribution in [3.8, 4) is 0 Å². The monoisotopic (exact) mass is 466 g/mol. The number of benzene rings is 1. The Morgan fingerprint density at radius 1 is 1.13 bits per heavy atom. The van der Waals surface area contributed by atoms with Crippen molar-refractivity contribution in [1.82, 2.24) is 15.1 Å². The molecule has 5 nitrogen and oxygen atoms in total. The van der Waals surface area contributed by atoms with Crippen LogP contribution in [0, 0.1) is 0 Å². The predicted octanol–water partition coefficient (Wildman–Crippen LogP) is 5.62. The van der Waals surface area contributed by atoms with Crippen LogP contribution in [0.5, 0.6) is 0 Å². The summed E-state index contributed by atoms with van der Waals surface area (Å²) in [4.78, 5) is 17.9. The van der Waals surface area contributed by atoms with E-state index < -0.39 is 0 Å². The summed E-state index contributed by atoms with van der Waals surface area (Å²) in [7, 11) is 0. The van der Waals surface area contributed by atoms with E-state index in [1.165, 1.54) is 32.2 Å². The smallest absolute Gasteiger partial charge is 0.286 e. The minimum absolute atomic E-state index is 0.207. The molecule has 158 valence electrons. The van der Waals surface area contributed by atoms with Crippen molar-refractivity contribution in [2.24, 2.45) is 0 Å². The summed E-state index contributed by atoms with van der Waals surface area (Å²) in [6, 6.07) is 14.7. The van der Waals surface area contributed by atoms with Crippen LogP contribution in [-0.4, -0.2) is 27.5 Å². The average Bonchev–Trinajstić information content (AvgIpc) is 3.56. The fourth-order valence-corrected chi connectivity index (χ4v) is 6.45. The third-order valence-corrected chi connectivity index (χ3v) is 8.33. The SMILES string of the molecule is CCc1ccc(NC(=O)c2nnc(CN3CCc4sccc4C3c3cccs3)s2)cc1. The topological polar surface area (TPSA) is 58.1 Å². The molecule has 1 aliphatic heterocycles. The Balaban J connectivity index is 1.31. The molecule has 1 unspecified atom stereocenters. The molecule has 0 saturated carbocycles. The maximum Gasteiger partial charge on any atom is 0.286 e. The number of anilines is 1. The molecule has 0 fully saturated rings. The molecule has 1 aromatic carbocycles. The van der Waals surface area contributed by atoms with E-state index in [4.69, 9.17) is 0 Å². The molecular weight excluding hydrogens is 444 g/mol. The molecule has 1 aliphatic rings. The number of carbonyl (C=O) groups is 1. The van der Waals surface area contributed by atoms with Gasteiger partial charge in [0.2, 0.25) is 5.01 Å². The molecular formula is C23H22N4OS3. The lowest BCUT2D eigenvalue weighted by Gasteiger charge is -2.34. The van der Waals surface area contributed by atoms with Crippen molar-refractivity contribution in [3.05, 3.63) is 84.1 Å². The summed E-state index contributed by atoms with van der Waals surface area (Å²) in [6.45, 7) is 3.77. The van der Waals surface area contributed by atoms with Crippen LogP contribution in [0.3, 0.4) is 0 Å². The van der Waals surface area contributed by atoms with Gasteiger partial charge in [0.05, 0.1) is 12.6 Å². The number of carbonyl (C=O) groups excluding carboxylic acids is 1. The van der Waals surface area contributed by atoms with Crippen molar-refractivity contribution in [2.45, 2.75) is 32.4 Å². The summed E-state index contributed by atoms with van der Waals surface area (Å²) in [5.74, 6) is -0.207. The molecule has 31 heavy (non-hydrogen) atoms. The van der Waals surface area contributed by atoms with E-state index in [2.05, 4.69) is 56.3 Å². The van der Waals surface area contributed by atoms with Crippen LogP contribution in [0.1, 0.15) is 48.7 Å². The average molecular weight is 467 g/mol. The van der Waals surface area contributed by atoms with Gasteiger partial charge in [-0.25, -0.2) is 0 Å². The molecule has 1 atom stereocenters. The normalized spacial score (nSPS) is 16.2. The van der Waals surface area contributed by atoms with Gasteiger partial charge in [-0.1, -0.05) is 36.5 Å².